The van der Waals surface area contributed by atoms with E-state index in [9.17, 15) is 13.6 Å². The van der Waals surface area contributed by atoms with Crippen LogP contribution < -0.4 is 4.74 Å². The number of carbonyl (C=O) groups is 1. The molecule has 0 bridgehead atoms. The normalized spacial score (nSPS) is 10.3. The van der Waals surface area contributed by atoms with Gasteiger partial charge in [0.05, 0.1) is 13.7 Å². The van der Waals surface area contributed by atoms with E-state index in [0.717, 1.165) is 44.2 Å². The highest BCUT2D eigenvalue weighted by Gasteiger charge is 2.03. The first-order chi connectivity index (χ1) is 9.61. The lowest BCUT2D eigenvalue weighted by atomic mass is 10.1. The molecule has 0 unspecified atom stereocenters. The lowest BCUT2D eigenvalue weighted by Gasteiger charge is -2.06. The van der Waals surface area contributed by atoms with Crippen molar-refractivity contribution < 1.29 is 23.0 Å². The zero-order valence-electron chi connectivity index (χ0n) is 11.5. The van der Waals surface area contributed by atoms with Gasteiger partial charge in [0.25, 0.3) is 0 Å². The van der Waals surface area contributed by atoms with E-state index in [4.69, 9.17) is 4.74 Å². The molecule has 0 fully saturated rings. The van der Waals surface area contributed by atoms with Crippen LogP contribution >= 0.6 is 0 Å². The van der Waals surface area contributed by atoms with Gasteiger partial charge in [-0.25, -0.2) is 0 Å². The number of halogens is 2. The predicted molar refractivity (Wildman–Crippen MR) is 69.4 cm³/mol. The average Bonchev–Trinajstić information content (AvgIpc) is 2.40. The molecule has 0 saturated carbocycles. The summed E-state index contributed by atoms with van der Waals surface area (Å²) in [6, 6.07) is 2.11. The smallest absolute Gasteiger partial charge is 0.305 e. The Balaban J connectivity index is 2.03. The van der Waals surface area contributed by atoms with Gasteiger partial charge in [0.1, 0.15) is 5.75 Å². The first-order valence-electron chi connectivity index (χ1n) is 6.64. The molecule has 0 saturated heterocycles. The van der Waals surface area contributed by atoms with Crippen LogP contribution in [0.2, 0.25) is 0 Å². The number of carbonyl (C=O) groups excluding carboxylic acids is 1. The first kappa shape index (κ1) is 16.3. The third-order valence-electron chi connectivity index (χ3n) is 2.76. The van der Waals surface area contributed by atoms with Gasteiger partial charge >= 0.3 is 5.97 Å². The fraction of sp³-hybridized carbons (Fsp3) is 0.571. The highest BCUT2D eigenvalue weighted by atomic mass is 19.1. The van der Waals surface area contributed by atoms with Crippen molar-refractivity contribution in [3.05, 3.63) is 24.0 Å². The summed E-state index contributed by atoms with van der Waals surface area (Å²) in [7, 11) is 1.38. The summed E-state index contributed by atoms with van der Waals surface area (Å²) in [4.78, 5) is 13.8. The Hall–Kier alpha value is -1.72. The molecule has 0 amide bonds. The van der Waals surface area contributed by atoms with E-state index in [1.54, 1.807) is 0 Å². The Bertz CT molecular complexity index is 407. The van der Waals surface area contributed by atoms with Gasteiger partial charge in [-0.3, -0.25) is 4.79 Å². The second-order valence-corrected chi connectivity index (χ2v) is 4.39. The Morgan fingerprint density at radius 1 is 1.10 bits per heavy atom. The Kier molecular flexibility index (Phi) is 7.54. The van der Waals surface area contributed by atoms with Crippen LogP contribution in [-0.4, -0.2) is 24.7 Å². The largest absolute Gasteiger partial charge is 0.493 e. The number of methoxy groups -OCH3 is 1. The van der Waals surface area contributed by atoms with E-state index >= 15 is 0 Å². The van der Waals surface area contributed by atoms with E-state index in [0.29, 0.717) is 13.0 Å². The highest BCUT2D eigenvalue weighted by molar-refractivity contribution is 5.68. The third-order valence-corrected chi connectivity index (χ3v) is 2.76. The molecule has 112 valence electrons. The second kappa shape index (κ2) is 9.23. The molecule has 0 N–H and O–H groups in total. The van der Waals surface area contributed by atoms with E-state index in [-0.39, 0.29) is 11.7 Å². The molecular formula is C14H19F2NO3. The maximum Gasteiger partial charge on any atom is 0.305 e. The van der Waals surface area contributed by atoms with Crippen LogP contribution in [-0.2, 0) is 9.53 Å². The third kappa shape index (κ3) is 7.01. The van der Waals surface area contributed by atoms with Gasteiger partial charge in [0, 0.05) is 18.6 Å². The van der Waals surface area contributed by atoms with Crippen molar-refractivity contribution in [2.24, 2.45) is 0 Å². The average molecular weight is 287 g/mol. The van der Waals surface area contributed by atoms with Crippen LogP contribution in [0.15, 0.2) is 12.1 Å². The number of unbranched alkanes of at least 4 members (excludes halogenated alkanes) is 4. The van der Waals surface area contributed by atoms with Gasteiger partial charge in [0.2, 0.25) is 11.9 Å². The standard InChI is InChI=1S/C14H19F2NO3/c1-19-14(18)7-5-3-2-4-6-8-20-11-9-12(15)17-13(16)10-11/h9-10H,2-8H2,1H3. The molecular weight excluding hydrogens is 268 g/mol. The van der Waals surface area contributed by atoms with Crippen LogP contribution in [0.3, 0.4) is 0 Å². The molecule has 6 heteroatoms. The second-order valence-electron chi connectivity index (χ2n) is 4.39. The Morgan fingerprint density at radius 2 is 1.70 bits per heavy atom. The van der Waals surface area contributed by atoms with E-state index in [1.165, 1.54) is 7.11 Å². The minimum Gasteiger partial charge on any atom is -0.493 e. The molecule has 0 aliphatic heterocycles. The number of hydrogen-bond acceptors (Lipinski definition) is 4. The SMILES string of the molecule is COC(=O)CCCCCCCOc1cc(F)nc(F)c1. The van der Waals surface area contributed by atoms with Gasteiger partial charge in [-0.1, -0.05) is 19.3 Å². The fourth-order valence-electron chi connectivity index (χ4n) is 1.72. The maximum atomic E-state index is 12.8. The zero-order valence-corrected chi connectivity index (χ0v) is 11.5. The van der Waals surface area contributed by atoms with Gasteiger partial charge in [-0.15, -0.1) is 0 Å². The zero-order chi connectivity index (χ0) is 14.8. The summed E-state index contributed by atoms with van der Waals surface area (Å²) in [5.41, 5.74) is 0. The van der Waals surface area contributed by atoms with Gasteiger partial charge in [-0.05, 0) is 12.8 Å². The lowest BCUT2D eigenvalue weighted by molar-refractivity contribution is -0.140. The number of ether oxygens (including phenoxy) is 2. The lowest BCUT2D eigenvalue weighted by Crippen LogP contribution is -2.00. The van der Waals surface area contributed by atoms with Crippen LogP contribution in [0, 0.1) is 11.9 Å². The van der Waals surface area contributed by atoms with E-state index in [1.807, 2.05) is 0 Å². The van der Waals surface area contributed by atoms with Crippen molar-refractivity contribution in [2.75, 3.05) is 13.7 Å². The molecule has 1 aromatic rings. The van der Waals surface area contributed by atoms with Crippen LogP contribution in [0.1, 0.15) is 38.5 Å². The summed E-state index contributed by atoms with van der Waals surface area (Å²) < 4.78 is 35.3. The van der Waals surface area contributed by atoms with Crippen LogP contribution in [0.5, 0.6) is 5.75 Å². The molecule has 1 heterocycles. The number of rotatable bonds is 9. The summed E-state index contributed by atoms with van der Waals surface area (Å²) in [5.74, 6) is -1.80. The predicted octanol–water partition coefficient (Wildman–Crippen LogP) is 3.25. The summed E-state index contributed by atoms with van der Waals surface area (Å²) >= 11 is 0. The van der Waals surface area contributed by atoms with Crippen LogP contribution in [0.4, 0.5) is 8.78 Å². The molecule has 1 rings (SSSR count). The van der Waals surface area contributed by atoms with Crippen LogP contribution in [0.25, 0.3) is 0 Å². The van der Waals surface area contributed by atoms with E-state index < -0.39 is 11.9 Å². The molecule has 20 heavy (non-hydrogen) atoms. The number of pyridine rings is 1. The van der Waals surface area contributed by atoms with E-state index in [2.05, 4.69) is 9.72 Å². The van der Waals surface area contributed by atoms with Gasteiger partial charge in [0.15, 0.2) is 0 Å². The van der Waals surface area contributed by atoms with Crippen molar-refractivity contribution in [3.63, 3.8) is 0 Å². The molecule has 0 aliphatic rings. The highest BCUT2D eigenvalue weighted by Crippen LogP contribution is 2.13. The molecule has 0 radical (unpaired) electrons. The molecule has 0 spiro atoms. The molecule has 1 aromatic heterocycles. The quantitative estimate of drug-likeness (QED) is 0.397. The van der Waals surface area contributed by atoms with Crippen molar-refractivity contribution in [2.45, 2.75) is 38.5 Å². The number of esters is 1. The molecule has 4 nitrogen and oxygen atoms in total. The topological polar surface area (TPSA) is 48.4 Å². The minimum absolute atomic E-state index is 0.153. The Morgan fingerprint density at radius 3 is 2.35 bits per heavy atom. The fourth-order valence-corrected chi connectivity index (χ4v) is 1.72. The van der Waals surface area contributed by atoms with Gasteiger partial charge < -0.3 is 9.47 Å². The molecule has 0 aliphatic carbocycles. The van der Waals surface area contributed by atoms with Crippen molar-refractivity contribution >= 4 is 5.97 Å². The summed E-state index contributed by atoms with van der Waals surface area (Å²) in [6.07, 6.45) is 4.94. The number of hydrogen-bond donors (Lipinski definition) is 0. The minimum atomic E-state index is -0.886. The van der Waals surface area contributed by atoms with Crippen molar-refractivity contribution in [1.29, 1.82) is 0 Å². The van der Waals surface area contributed by atoms with Gasteiger partial charge in [-0.2, -0.15) is 13.8 Å². The van der Waals surface area contributed by atoms with Crippen molar-refractivity contribution in [3.8, 4) is 5.75 Å². The summed E-state index contributed by atoms with van der Waals surface area (Å²) in [5, 5.41) is 0. The molecule has 0 atom stereocenters. The monoisotopic (exact) mass is 287 g/mol. The number of aromatic nitrogens is 1. The summed E-state index contributed by atoms with van der Waals surface area (Å²) in [6.45, 7) is 0.403. The Labute approximate surface area is 117 Å². The first-order valence-corrected chi connectivity index (χ1v) is 6.64. The molecule has 0 aromatic carbocycles. The number of nitrogens with zero attached hydrogens (tertiary/aromatic N) is 1. The maximum absolute atomic E-state index is 12.8. The van der Waals surface area contributed by atoms with Crippen molar-refractivity contribution in [1.82, 2.24) is 4.98 Å².